The second kappa shape index (κ2) is 3.89. The molecule has 3 aromatic rings. The molecule has 2 aromatic heterocycles. The van der Waals surface area contributed by atoms with E-state index in [-0.39, 0.29) is 0 Å². The SMILES string of the molecule is Cc1cc(Cl)ccc1-c1c(C)nn2c(C)coc12. The van der Waals surface area contributed by atoms with Crippen LogP contribution in [0.4, 0.5) is 0 Å². The smallest absolute Gasteiger partial charge is 0.229 e. The monoisotopic (exact) mass is 260 g/mol. The standard InChI is InChI=1S/C14H13ClN2O/c1-8-6-11(15)4-5-12(8)13-10(3)16-17-9(2)7-18-14(13)17/h4-7H,1-3H3. The average molecular weight is 261 g/mol. The molecule has 4 heteroatoms. The quantitative estimate of drug-likeness (QED) is 0.657. The maximum absolute atomic E-state index is 6.00. The van der Waals surface area contributed by atoms with Crippen LogP contribution in [-0.4, -0.2) is 9.61 Å². The van der Waals surface area contributed by atoms with Crippen LogP contribution in [-0.2, 0) is 0 Å². The molecule has 0 atom stereocenters. The molecule has 0 amide bonds. The highest BCUT2D eigenvalue weighted by molar-refractivity contribution is 6.30. The molecule has 0 saturated heterocycles. The van der Waals surface area contributed by atoms with Crippen LogP contribution in [0.1, 0.15) is 17.0 Å². The molecule has 0 spiro atoms. The van der Waals surface area contributed by atoms with Crippen LogP contribution in [0.3, 0.4) is 0 Å². The Morgan fingerprint density at radius 2 is 2.00 bits per heavy atom. The normalized spacial score (nSPS) is 11.3. The van der Waals surface area contributed by atoms with Gasteiger partial charge in [0.1, 0.15) is 6.26 Å². The zero-order valence-electron chi connectivity index (χ0n) is 10.5. The Balaban J connectivity index is 2.34. The van der Waals surface area contributed by atoms with Gasteiger partial charge in [-0.2, -0.15) is 5.10 Å². The van der Waals surface area contributed by atoms with Crippen molar-refractivity contribution < 1.29 is 4.42 Å². The first-order valence-electron chi connectivity index (χ1n) is 5.78. The molecule has 0 unspecified atom stereocenters. The number of benzene rings is 1. The van der Waals surface area contributed by atoms with Gasteiger partial charge >= 0.3 is 0 Å². The van der Waals surface area contributed by atoms with Gasteiger partial charge in [0.25, 0.3) is 0 Å². The minimum absolute atomic E-state index is 0.743. The number of hydrogen-bond acceptors (Lipinski definition) is 2. The molecular weight excluding hydrogens is 248 g/mol. The summed E-state index contributed by atoms with van der Waals surface area (Å²) in [5, 5.41) is 5.25. The van der Waals surface area contributed by atoms with Crippen molar-refractivity contribution >= 4 is 17.3 Å². The summed E-state index contributed by atoms with van der Waals surface area (Å²) in [7, 11) is 0. The fraction of sp³-hybridized carbons (Fsp3) is 0.214. The lowest BCUT2D eigenvalue weighted by atomic mass is 10.0. The van der Waals surface area contributed by atoms with Crippen molar-refractivity contribution in [2.45, 2.75) is 20.8 Å². The molecule has 3 nitrogen and oxygen atoms in total. The van der Waals surface area contributed by atoms with Gasteiger partial charge in [0.05, 0.1) is 17.0 Å². The summed E-state index contributed by atoms with van der Waals surface area (Å²) in [6.45, 7) is 6.01. The molecule has 18 heavy (non-hydrogen) atoms. The molecule has 0 fully saturated rings. The predicted molar refractivity (Wildman–Crippen MR) is 72.1 cm³/mol. The molecule has 0 aliphatic rings. The van der Waals surface area contributed by atoms with Crippen molar-refractivity contribution in [1.29, 1.82) is 0 Å². The Bertz CT molecular complexity index is 740. The summed E-state index contributed by atoms with van der Waals surface area (Å²) in [4.78, 5) is 0. The number of rotatable bonds is 1. The van der Waals surface area contributed by atoms with Gasteiger partial charge in [0.2, 0.25) is 5.71 Å². The summed E-state index contributed by atoms with van der Waals surface area (Å²) >= 11 is 6.00. The second-order valence-electron chi connectivity index (χ2n) is 4.51. The zero-order valence-corrected chi connectivity index (χ0v) is 11.2. The topological polar surface area (TPSA) is 30.4 Å². The minimum Gasteiger partial charge on any atom is -0.444 e. The van der Waals surface area contributed by atoms with Gasteiger partial charge < -0.3 is 4.42 Å². The fourth-order valence-corrected chi connectivity index (χ4v) is 2.49. The van der Waals surface area contributed by atoms with E-state index in [9.17, 15) is 0 Å². The van der Waals surface area contributed by atoms with Crippen LogP contribution in [0.5, 0.6) is 0 Å². The molecule has 0 aliphatic carbocycles. The van der Waals surface area contributed by atoms with Gasteiger partial charge in [-0.05, 0) is 44.0 Å². The predicted octanol–water partition coefficient (Wildman–Crippen LogP) is 4.17. The summed E-state index contributed by atoms with van der Waals surface area (Å²) in [5.74, 6) is 0. The van der Waals surface area contributed by atoms with Gasteiger partial charge in [-0.1, -0.05) is 17.7 Å². The first kappa shape index (κ1) is 11.4. The van der Waals surface area contributed by atoms with E-state index in [1.807, 2.05) is 43.5 Å². The van der Waals surface area contributed by atoms with Crippen molar-refractivity contribution in [2.75, 3.05) is 0 Å². The van der Waals surface area contributed by atoms with E-state index in [0.717, 1.165) is 38.8 Å². The molecule has 0 bridgehead atoms. The second-order valence-corrected chi connectivity index (χ2v) is 4.95. The van der Waals surface area contributed by atoms with E-state index >= 15 is 0 Å². The molecule has 1 aromatic carbocycles. The lowest BCUT2D eigenvalue weighted by Crippen LogP contribution is -1.85. The number of fused-ring (bicyclic) bond motifs is 1. The molecule has 92 valence electrons. The Hall–Kier alpha value is -1.74. The zero-order chi connectivity index (χ0) is 12.9. The highest BCUT2D eigenvalue weighted by Gasteiger charge is 2.17. The third kappa shape index (κ3) is 1.55. The summed E-state index contributed by atoms with van der Waals surface area (Å²) < 4.78 is 7.44. The number of nitrogens with zero attached hydrogens (tertiary/aromatic N) is 2. The van der Waals surface area contributed by atoms with Crippen molar-refractivity contribution in [1.82, 2.24) is 9.61 Å². The van der Waals surface area contributed by atoms with E-state index in [0.29, 0.717) is 0 Å². The summed E-state index contributed by atoms with van der Waals surface area (Å²) in [5.41, 5.74) is 6.01. The van der Waals surface area contributed by atoms with Gasteiger partial charge in [0, 0.05) is 5.02 Å². The van der Waals surface area contributed by atoms with Crippen LogP contribution in [0.2, 0.25) is 5.02 Å². The Morgan fingerprint density at radius 1 is 1.22 bits per heavy atom. The Morgan fingerprint density at radius 3 is 2.72 bits per heavy atom. The Labute approximate surface area is 110 Å². The van der Waals surface area contributed by atoms with Crippen molar-refractivity contribution in [3.63, 3.8) is 0 Å². The van der Waals surface area contributed by atoms with Crippen molar-refractivity contribution in [2.24, 2.45) is 0 Å². The maximum atomic E-state index is 6.00. The molecule has 0 saturated carbocycles. The summed E-state index contributed by atoms with van der Waals surface area (Å²) in [6, 6.07) is 5.86. The highest BCUT2D eigenvalue weighted by Crippen LogP contribution is 2.32. The number of aryl methyl sites for hydroxylation is 3. The summed E-state index contributed by atoms with van der Waals surface area (Å²) in [6.07, 6.45) is 1.72. The van der Waals surface area contributed by atoms with E-state index < -0.39 is 0 Å². The van der Waals surface area contributed by atoms with E-state index in [1.54, 1.807) is 6.26 Å². The van der Waals surface area contributed by atoms with E-state index in [1.165, 1.54) is 0 Å². The molecule has 3 rings (SSSR count). The van der Waals surface area contributed by atoms with Gasteiger partial charge in [-0.25, -0.2) is 4.52 Å². The first-order chi connectivity index (χ1) is 8.58. The number of oxazole rings is 1. The molecular formula is C14H13ClN2O. The van der Waals surface area contributed by atoms with Crippen LogP contribution < -0.4 is 0 Å². The number of halogens is 1. The third-order valence-corrected chi connectivity index (χ3v) is 3.39. The number of hydrogen-bond donors (Lipinski definition) is 0. The lowest BCUT2D eigenvalue weighted by molar-refractivity contribution is 0.606. The van der Waals surface area contributed by atoms with Crippen molar-refractivity contribution in [3.8, 4) is 11.1 Å². The van der Waals surface area contributed by atoms with E-state index in [4.69, 9.17) is 16.0 Å². The fourth-order valence-electron chi connectivity index (χ4n) is 2.26. The van der Waals surface area contributed by atoms with Crippen LogP contribution >= 0.6 is 11.6 Å². The minimum atomic E-state index is 0.743. The van der Waals surface area contributed by atoms with Gasteiger partial charge in [-0.15, -0.1) is 0 Å². The maximum Gasteiger partial charge on any atom is 0.229 e. The molecule has 0 radical (unpaired) electrons. The number of aromatic nitrogens is 2. The van der Waals surface area contributed by atoms with Crippen LogP contribution in [0.15, 0.2) is 28.9 Å². The Kier molecular flexibility index (Phi) is 2.45. The largest absolute Gasteiger partial charge is 0.444 e. The van der Waals surface area contributed by atoms with Gasteiger partial charge in [-0.3, -0.25) is 0 Å². The third-order valence-electron chi connectivity index (χ3n) is 3.15. The lowest BCUT2D eigenvalue weighted by Gasteiger charge is -2.04. The van der Waals surface area contributed by atoms with E-state index in [2.05, 4.69) is 5.10 Å². The molecule has 0 aliphatic heterocycles. The molecule has 0 N–H and O–H groups in total. The first-order valence-corrected chi connectivity index (χ1v) is 6.15. The average Bonchev–Trinajstić information content (AvgIpc) is 2.80. The van der Waals surface area contributed by atoms with Gasteiger partial charge in [0.15, 0.2) is 0 Å². The highest BCUT2D eigenvalue weighted by atomic mass is 35.5. The van der Waals surface area contributed by atoms with Crippen LogP contribution in [0, 0.1) is 20.8 Å². The molecule has 2 heterocycles. The van der Waals surface area contributed by atoms with Crippen LogP contribution in [0.25, 0.3) is 16.8 Å². The van der Waals surface area contributed by atoms with Crippen molar-refractivity contribution in [3.05, 3.63) is 46.4 Å².